The second-order valence-electron chi connectivity index (χ2n) is 8.06. The number of hydrogen-bond acceptors (Lipinski definition) is 7. The average Bonchev–Trinajstić information content (AvgIpc) is 3.47. The van der Waals surface area contributed by atoms with Crippen molar-refractivity contribution in [1.29, 1.82) is 0 Å². The number of benzene rings is 2. The third-order valence-electron chi connectivity index (χ3n) is 5.57. The molecule has 0 aliphatic carbocycles. The normalized spacial score (nSPS) is 14.1. The molecule has 3 amide bonds. The van der Waals surface area contributed by atoms with E-state index in [9.17, 15) is 22.8 Å². The summed E-state index contributed by atoms with van der Waals surface area (Å²) in [5.74, 6) is -0.896. The van der Waals surface area contributed by atoms with E-state index in [0.717, 1.165) is 0 Å². The van der Waals surface area contributed by atoms with Crippen molar-refractivity contribution in [3.05, 3.63) is 82.0 Å². The van der Waals surface area contributed by atoms with Gasteiger partial charge in [-0.05, 0) is 60.0 Å². The number of nitrogens with one attached hydrogen (secondary N) is 3. The van der Waals surface area contributed by atoms with Crippen LogP contribution in [0.5, 0.6) is 0 Å². The first-order valence-corrected chi connectivity index (χ1v) is 13.9. The summed E-state index contributed by atoms with van der Waals surface area (Å²) >= 11 is 1.34. The van der Waals surface area contributed by atoms with Crippen molar-refractivity contribution < 1.29 is 27.5 Å². The van der Waals surface area contributed by atoms with E-state index in [0.29, 0.717) is 54.5 Å². The van der Waals surface area contributed by atoms with E-state index in [4.69, 9.17) is 4.74 Å². The zero-order chi connectivity index (χ0) is 26.3. The molecule has 3 N–H and O–H groups in total. The van der Waals surface area contributed by atoms with Gasteiger partial charge in [0.1, 0.15) is 0 Å². The zero-order valence-electron chi connectivity index (χ0n) is 19.8. The number of thiophene rings is 1. The van der Waals surface area contributed by atoms with Gasteiger partial charge in [0.25, 0.3) is 17.7 Å². The first kappa shape index (κ1) is 26.5. The van der Waals surface area contributed by atoms with Gasteiger partial charge in [-0.1, -0.05) is 6.07 Å². The van der Waals surface area contributed by atoms with Gasteiger partial charge in [0, 0.05) is 43.0 Å². The van der Waals surface area contributed by atoms with Crippen LogP contribution in [-0.2, 0) is 14.8 Å². The fourth-order valence-electron chi connectivity index (χ4n) is 3.57. The Kier molecular flexibility index (Phi) is 8.66. The fraction of sp³-hybridized carbons (Fsp3) is 0.240. The summed E-state index contributed by atoms with van der Waals surface area (Å²) < 4.78 is 32.0. The molecule has 0 atom stereocenters. The Morgan fingerprint density at radius 3 is 2.03 bits per heavy atom. The van der Waals surface area contributed by atoms with Gasteiger partial charge < -0.3 is 20.7 Å². The minimum Gasteiger partial charge on any atom is -0.379 e. The predicted molar refractivity (Wildman–Crippen MR) is 139 cm³/mol. The van der Waals surface area contributed by atoms with Crippen LogP contribution in [0.1, 0.15) is 30.4 Å². The van der Waals surface area contributed by atoms with E-state index >= 15 is 0 Å². The van der Waals surface area contributed by atoms with Crippen molar-refractivity contribution in [2.75, 3.05) is 44.7 Å². The highest BCUT2D eigenvalue weighted by Gasteiger charge is 2.26. The van der Waals surface area contributed by atoms with Gasteiger partial charge in [-0.25, -0.2) is 8.42 Å². The number of morpholine rings is 1. The molecule has 4 rings (SSSR count). The smallest absolute Gasteiger partial charge is 0.261 e. The van der Waals surface area contributed by atoms with Gasteiger partial charge in [-0.3, -0.25) is 14.4 Å². The number of carbonyl (C=O) groups excluding carboxylic acids is 3. The van der Waals surface area contributed by atoms with Crippen LogP contribution in [0.3, 0.4) is 0 Å². The average molecular weight is 543 g/mol. The predicted octanol–water partition coefficient (Wildman–Crippen LogP) is 2.18. The Bertz CT molecular complexity index is 1330. The molecule has 1 aliphatic heterocycles. The lowest BCUT2D eigenvalue weighted by Crippen LogP contribution is -2.40. The lowest BCUT2D eigenvalue weighted by atomic mass is 10.1. The van der Waals surface area contributed by atoms with Crippen molar-refractivity contribution >= 4 is 44.8 Å². The summed E-state index contributed by atoms with van der Waals surface area (Å²) in [6.45, 7) is 1.87. The van der Waals surface area contributed by atoms with Crippen LogP contribution in [0.15, 0.2) is 70.9 Å². The molecule has 10 nitrogen and oxygen atoms in total. The standard InChI is InChI=1S/C25H26N4O6S2/c30-23(26-11-12-27-25(32)22-2-1-17-36-22)18-3-7-20(8-4-18)28-24(31)19-5-9-21(10-6-19)37(33,34)29-13-15-35-16-14-29/h1-10,17H,11-16H2,(H,26,30)(H,27,32)(H,28,31). The SMILES string of the molecule is O=C(NCCNC(=O)c1cccs1)c1ccc(NC(=O)c2ccc(S(=O)(=O)N3CCOCC3)cc2)cc1. The summed E-state index contributed by atoms with van der Waals surface area (Å²) in [4.78, 5) is 37.6. The monoisotopic (exact) mass is 542 g/mol. The van der Waals surface area contributed by atoms with E-state index in [1.807, 2.05) is 5.38 Å². The van der Waals surface area contributed by atoms with Gasteiger partial charge in [-0.15, -0.1) is 11.3 Å². The molecule has 0 unspecified atom stereocenters. The molecule has 1 saturated heterocycles. The number of sulfonamides is 1. The van der Waals surface area contributed by atoms with Crippen molar-refractivity contribution in [2.24, 2.45) is 0 Å². The topological polar surface area (TPSA) is 134 Å². The Labute approximate surface area is 218 Å². The van der Waals surface area contributed by atoms with E-state index in [1.165, 1.54) is 39.9 Å². The maximum absolute atomic E-state index is 12.7. The first-order chi connectivity index (χ1) is 17.8. The molecule has 194 valence electrons. The van der Waals surface area contributed by atoms with E-state index in [-0.39, 0.29) is 23.3 Å². The minimum atomic E-state index is -3.64. The molecule has 12 heteroatoms. The Morgan fingerprint density at radius 2 is 1.41 bits per heavy atom. The maximum Gasteiger partial charge on any atom is 0.261 e. The second-order valence-corrected chi connectivity index (χ2v) is 10.9. The third kappa shape index (κ3) is 6.80. The van der Waals surface area contributed by atoms with Crippen molar-refractivity contribution in [2.45, 2.75) is 4.90 Å². The maximum atomic E-state index is 12.7. The van der Waals surface area contributed by atoms with Gasteiger partial charge in [-0.2, -0.15) is 4.31 Å². The summed E-state index contributed by atoms with van der Waals surface area (Å²) in [5.41, 5.74) is 1.18. The second kappa shape index (κ2) is 12.1. The number of ether oxygens (including phenoxy) is 1. The molecule has 2 aromatic carbocycles. The quantitative estimate of drug-likeness (QED) is 0.355. The highest BCUT2D eigenvalue weighted by Crippen LogP contribution is 2.19. The molecule has 2 heterocycles. The van der Waals surface area contributed by atoms with Gasteiger partial charge in [0.2, 0.25) is 10.0 Å². The molecule has 1 aliphatic rings. The number of amides is 3. The third-order valence-corrected chi connectivity index (χ3v) is 8.35. The number of nitrogens with zero attached hydrogens (tertiary/aromatic N) is 1. The molecule has 0 spiro atoms. The van der Waals surface area contributed by atoms with Crippen LogP contribution in [-0.4, -0.2) is 69.8 Å². The van der Waals surface area contributed by atoms with E-state index in [1.54, 1.807) is 36.4 Å². The van der Waals surface area contributed by atoms with Crippen LogP contribution >= 0.6 is 11.3 Å². The molecule has 0 saturated carbocycles. The van der Waals surface area contributed by atoms with Crippen molar-refractivity contribution in [1.82, 2.24) is 14.9 Å². The lowest BCUT2D eigenvalue weighted by molar-refractivity contribution is 0.0730. The van der Waals surface area contributed by atoms with E-state index in [2.05, 4.69) is 16.0 Å². The Balaban J connectivity index is 1.26. The van der Waals surface area contributed by atoms with Crippen molar-refractivity contribution in [3.63, 3.8) is 0 Å². The van der Waals surface area contributed by atoms with Crippen LogP contribution in [0, 0.1) is 0 Å². The minimum absolute atomic E-state index is 0.118. The molecular formula is C25H26N4O6S2. The molecule has 37 heavy (non-hydrogen) atoms. The zero-order valence-corrected chi connectivity index (χ0v) is 21.4. The number of carbonyl (C=O) groups is 3. The molecule has 0 radical (unpaired) electrons. The highest BCUT2D eigenvalue weighted by molar-refractivity contribution is 7.89. The molecule has 3 aromatic rings. The summed E-state index contributed by atoms with van der Waals surface area (Å²) in [6.07, 6.45) is 0. The van der Waals surface area contributed by atoms with E-state index < -0.39 is 15.9 Å². The molecule has 0 bridgehead atoms. The molecule has 1 fully saturated rings. The Morgan fingerprint density at radius 1 is 0.811 bits per heavy atom. The Hall–Kier alpha value is -3.58. The number of anilines is 1. The summed E-state index contributed by atoms with van der Waals surface area (Å²) in [7, 11) is -3.64. The van der Waals surface area contributed by atoms with Crippen LogP contribution in [0.4, 0.5) is 5.69 Å². The van der Waals surface area contributed by atoms with Crippen LogP contribution < -0.4 is 16.0 Å². The van der Waals surface area contributed by atoms with Gasteiger partial charge >= 0.3 is 0 Å². The van der Waals surface area contributed by atoms with Gasteiger partial charge in [0.05, 0.1) is 23.0 Å². The number of rotatable bonds is 9. The van der Waals surface area contributed by atoms with Crippen LogP contribution in [0.25, 0.3) is 0 Å². The largest absolute Gasteiger partial charge is 0.379 e. The highest BCUT2D eigenvalue weighted by atomic mass is 32.2. The van der Waals surface area contributed by atoms with Crippen molar-refractivity contribution in [3.8, 4) is 0 Å². The lowest BCUT2D eigenvalue weighted by Gasteiger charge is -2.26. The fourth-order valence-corrected chi connectivity index (χ4v) is 5.62. The number of hydrogen-bond donors (Lipinski definition) is 3. The van der Waals surface area contributed by atoms with Crippen LogP contribution in [0.2, 0.25) is 0 Å². The summed E-state index contributed by atoms with van der Waals surface area (Å²) in [6, 6.07) is 15.6. The molecular weight excluding hydrogens is 516 g/mol. The first-order valence-electron chi connectivity index (χ1n) is 11.5. The molecule has 1 aromatic heterocycles. The summed E-state index contributed by atoms with van der Waals surface area (Å²) in [5, 5.41) is 10.0. The van der Waals surface area contributed by atoms with Gasteiger partial charge in [0.15, 0.2) is 0 Å².